The number of benzene rings is 1. The highest BCUT2D eigenvalue weighted by Gasteiger charge is 2.39. The topological polar surface area (TPSA) is 21.3 Å². The van der Waals surface area contributed by atoms with Crippen molar-refractivity contribution in [3.63, 3.8) is 0 Å². The molecule has 1 aromatic rings. The molecule has 1 aliphatic carbocycles. The molecule has 0 aliphatic heterocycles. The van der Waals surface area contributed by atoms with E-state index in [2.05, 4.69) is 50.4 Å². The van der Waals surface area contributed by atoms with Crippen molar-refractivity contribution in [3.8, 4) is 5.75 Å². The van der Waals surface area contributed by atoms with Crippen molar-refractivity contribution in [2.45, 2.75) is 64.4 Å². The van der Waals surface area contributed by atoms with Crippen molar-refractivity contribution in [1.29, 1.82) is 0 Å². The number of nitrogens with one attached hydrogen (secondary N) is 1. The van der Waals surface area contributed by atoms with Gasteiger partial charge in [0.2, 0.25) is 0 Å². The van der Waals surface area contributed by atoms with Crippen LogP contribution in [0.4, 0.5) is 0 Å². The zero-order valence-corrected chi connectivity index (χ0v) is 13.2. The number of rotatable bonds is 8. The first kappa shape index (κ1) is 15.4. The van der Waals surface area contributed by atoms with Gasteiger partial charge in [-0.3, -0.25) is 0 Å². The molecule has 0 unspecified atom stereocenters. The number of ether oxygens (including phenoxy) is 1. The third-order valence-corrected chi connectivity index (χ3v) is 4.32. The smallest absolute Gasteiger partial charge is 0.123 e. The van der Waals surface area contributed by atoms with Gasteiger partial charge in [0.05, 0.1) is 0 Å². The lowest BCUT2D eigenvalue weighted by molar-refractivity contribution is -0.0150. The zero-order valence-electron chi connectivity index (χ0n) is 13.2. The molecule has 20 heavy (non-hydrogen) atoms. The van der Waals surface area contributed by atoms with Gasteiger partial charge in [0.1, 0.15) is 11.4 Å². The van der Waals surface area contributed by atoms with E-state index >= 15 is 0 Å². The van der Waals surface area contributed by atoms with E-state index in [0.717, 1.165) is 25.3 Å². The summed E-state index contributed by atoms with van der Waals surface area (Å²) in [6.45, 7) is 8.86. The quantitative estimate of drug-likeness (QED) is 0.705. The maximum atomic E-state index is 6.47. The Morgan fingerprint density at radius 1 is 1.20 bits per heavy atom. The van der Waals surface area contributed by atoms with Crippen molar-refractivity contribution in [2.75, 3.05) is 13.1 Å². The Morgan fingerprint density at radius 3 is 2.55 bits per heavy atom. The van der Waals surface area contributed by atoms with Crippen LogP contribution in [0.2, 0.25) is 0 Å². The van der Waals surface area contributed by atoms with Crippen LogP contribution in [0.15, 0.2) is 24.3 Å². The Bertz CT molecular complexity index is 410. The van der Waals surface area contributed by atoms with Crippen LogP contribution in [0.1, 0.15) is 64.4 Å². The van der Waals surface area contributed by atoms with Gasteiger partial charge >= 0.3 is 0 Å². The minimum absolute atomic E-state index is 0.0890. The lowest BCUT2D eigenvalue weighted by Crippen LogP contribution is -2.45. The van der Waals surface area contributed by atoms with E-state index in [1.54, 1.807) is 0 Å². The van der Waals surface area contributed by atoms with Crippen molar-refractivity contribution in [2.24, 2.45) is 0 Å². The molecule has 0 saturated heterocycles. The average Bonchev–Trinajstić information content (AvgIpc) is 2.40. The first-order valence-electron chi connectivity index (χ1n) is 8.15. The molecule has 1 aliphatic rings. The summed E-state index contributed by atoms with van der Waals surface area (Å²) >= 11 is 0. The highest BCUT2D eigenvalue weighted by atomic mass is 16.5. The number of para-hydroxylation sites is 1. The molecule has 0 bridgehead atoms. The second-order valence-electron chi connectivity index (χ2n) is 6.33. The van der Waals surface area contributed by atoms with Gasteiger partial charge in [-0.05, 0) is 62.7 Å². The molecule has 0 aromatic heterocycles. The molecular formula is C18H29NO. The van der Waals surface area contributed by atoms with Crippen LogP contribution in [0.5, 0.6) is 5.75 Å². The van der Waals surface area contributed by atoms with E-state index < -0.39 is 0 Å². The lowest BCUT2D eigenvalue weighted by Gasteiger charge is -2.42. The summed E-state index contributed by atoms with van der Waals surface area (Å²) in [5.41, 5.74) is 1.42. The fraction of sp³-hybridized carbons (Fsp3) is 0.667. The molecule has 0 amide bonds. The molecule has 1 N–H and O–H groups in total. The Morgan fingerprint density at radius 2 is 1.95 bits per heavy atom. The molecule has 0 heterocycles. The SMILES string of the molecule is CCCNCCC1(Oc2ccccc2C(C)C)CCC1. The van der Waals surface area contributed by atoms with Crippen molar-refractivity contribution in [3.05, 3.63) is 29.8 Å². The zero-order chi connectivity index (χ0) is 14.4. The summed E-state index contributed by atoms with van der Waals surface area (Å²) < 4.78 is 6.47. The Hall–Kier alpha value is -1.02. The van der Waals surface area contributed by atoms with E-state index in [9.17, 15) is 0 Å². The first-order valence-corrected chi connectivity index (χ1v) is 8.15. The predicted molar refractivity (Wildman–Crippen MR) is 85.5 cm³/mol. The standard InChI is InChI=1S/C18H29NO/c1-4-13-19-14-12-18(10-7-11-18)20-17-9-6-5-8-16(17)15(2)3/h5-6,8-9,15,19H,4,7,10-14H2,1-3H3. The maximum absolute atomic E-state index is 6.47. The van der Waals surface area contributed by atoms with Gasteiger partial charge in [-0.2, -0.15) is 0 Å². The molecule has 2 nitrogen and oxygen atoms in total. The van der Waals surface area contributed by atoms with Crippen LogP contribution < -0.4 is 10.1 Å². The molecule has 0 radical (unpaired) electrons. The summed E-state index contributed by atoms with van der Waals surface area (Å²) in [7, 11) is 0. The first-order chi connectivity index (χ1) is 9.67. The van der Waals surface area contributed by atoms with E-state index in [1.807, 2.05) is 0 Å². The lowest BCUT2D eigenvalue weighted by atomic mass is 9.77. The van der Waals surface area contributed by atoms with Gasteiger partial charge in [0.25, 0.3) is 0 Å². The molecular weight excluding hydrogens is 246 g/mol. The van der Waals surface area contributed by atoms with Crippen LogP contribution in [0.3, 0.4) is 0 Å². The maximum Gasteiger partial charge on any atom is 0.123 e. The van der Waals surface area contributed by atoms with E-state index in [-0.39, 0.29) is 5.60 Å². The monoisotopic (exact) mass is 275 g/mol. The normalized spacial score (nSPS) is 17.0. The molecule has 2 heteroatoms. The van der Waals surface area contributed by atoms with Gasteiger partial charge in [-0.25, -0.2) is 0 Å². The van der Waals surface area contributed by atoms with Gasteiger partial charge < -0.3 is 10.1 Å². The molecule has 112 valence electrons. The summed E-state index contributed by atoms with van der Waals surface area (Å²) in [5, 5.41) is 3.50. The third-order valence-electron chi connectivity index (χ3n) is 4.32. The summed E-state index contributed by atoms with van der Waals surface area (Å²) in [4.78, 5) is 0. The second kappa shape index (κ2) is 7.12. The minimum atomic E-state index is 0.0890. The molecule has 2 rings (SSSR count). The van der Waals surface area contributed by atoms with Gasteiger partial charge in [-0.15, -0.1) is 0 Å². The largest absolute Gasteiger partial charge is 0.487 e. The predicted octanol–water partition coefficient (Wildman–Crippen LogP) is 4.50. The van der Waals surface area contributed by atoms with E-state index in [4.69, 9.17) is 4.74 Å². The fourth-order valence-corrected chi connectivity index (χ4v) is 2.88. The summed E-state index contributed by atoms with van der Waals surface area (Å²) in [5.74, 6) is 1.61. The van der Waals surface area contributed by atoms with Crippen LogP contribution in [-0.2, 0) is 0 Å². The van der Waals surface area contributed by atoms with Crippen LogP contribution in [-0.4, -0.2) is 18.7 Å². The highest BCUT2D eigenvalue weighted by molar-refractivity contribution is 5.36. The molecule has 1 fully saturated rings. The van der Waals surface area contributed by atoms with E-state index in [0.29, 0.717) is 5.92 Å². The summed E-state index contributed by atoms with van der Waals surface area (Å²) in [6, 6.07) is 8.53. The molecule has 1 saturated carbocycles. The summed E-state index contributed by atoms with van der Waals surface area (Å²) in [6.07, 6.45) is 6.03. The minimum Gasteiger partial charge on any atom is -0.487 e. The molecule has 0 spiro atoms. The fourth-order valence-electron chi connectivity index (χ4n) is 2.88. The third kappa shape index (κ3) is 3.76. The van der Waals surface area contributed by atoms with E-state index in [1.165, 1.54) is 31.2 Å². The Labute approximate surface area is 123 Å². The van der Waals surface area contributed by atoms with Crippen molar-refractivity contribution >= 4 is 0 Å². The van der Waals surface area contributed by atoms with Gasteiger partial charge in [0, 0.05) is 0 Å². The van der Waals surface area contributed by atoms with Crippen LogP contribution in [0.25, 0.3) is 0 Å². The van der Waals surface area contributed by atoms with Crippen LogP contribution in [0, 0.1) is 0 Å². The Balaban J connectivity index is 1.99. The highest BCUT2D eigenvalue weighted by Crippen LogP contribution is 2.41. The number of hydrogen-bond acceptors (Lipinski definition) is 2. The van der Waals surface area contributed by atoms with Crippen molar-refractivity contribution in [1.82, 2.24) is 5.32 Å². The average molecular weight is 275 g/mol. The van der Waals surface area contributed by atoms with Crippen LogP contribution >= 0.6 is 0 Å². The Kier molecular flexibility index (Phi) is 5.47. The molecule has 0 atom stereocenters. The molecule has 1 aromatic carbocycles. The van der Waals surface area contributed by atoms with Crippen molar-refractivity contribution < 1.29 is 4.74 Å². The van der Waals surface area contributed by atoms with Gasteiger partial charge in [0.15, 0.2) is 0 Å². The number of hydrogen-bond donors (Lipinski definition) is 1. The van der Waals surface area contributed by atoms with Gasteiger partial charge in [-0.1, -0.05) is 39.0 Å². The second-order valence-corrected chi connectivity index (χ2v) is 6.33.